The van der Waals surface area contributed by atoms with Crippen molar-refractivity contribution in [2.45, 2.75) is 44.9 Å². The molecule has 1 aromatic carbocycles. The van der Waals surface area contributed by atoms with Crippen molar-refractivity contribution in [3.63, 3.8) is 0 Å². The molecule has 0 saturated carbocycles. The first-order valence-electron chi connectivity index (χ1n) is 11.0. The molecular weight excluding hydrogens is 428 g/mol. The number of aromatic nitrogens is 3. The highest BCUT2D eigenvalue weighted by Crippen LogP contribution is 2.32. The predicted octanol–water partition coefficient (Wildman–Crippen LogP) is 2.63. The molecule has 0 aliphatic carbocycles. The third-order valence-electron chi connectivity index (χ3n) is 5.49. The van der Waals surface area contributed by atoms with E-state index in [4.69, 9.17) is 4.74 Å². The number of ether oxygens (including phenoxy) is 1. The second-order valence-corrected chi connectivity index (χ2v) is 9.50. The number of hydrogen-bond acceptors (Lipinski definition) is 7. The number of morpholine rings is 1. The molecule has 2 aliphatic heterocycles. The summed E-state index contributed by atoms with van der Waals surface area (Å²) in [4.78, 5) is 29.5. The molecule has 1 N–H and O–H groups in total. The van der Waals surface area contributed by atoms with Crippen molar-refractivity contribution < 1.29 is 14.3 Å². The van der Waals surface area contributed by atoms with E-state index in [1.54, 1.807) is 4.90 Å². The van der Waals surface area contributed by atoms with Crippen LogP contribution in [0.25, 0.3) is 0 Å². The maximum Gasteiger partial charge on any atom is 0.237 e. The van der Waals surface area contributed by atoms with Crippen molar-refractivity contribution in [3.8, 4) is 0 Å². The molecular formula is C22H30N6O3S. The van der Waals surface area contributed by atoms with Gasteiger partial charge in [0.2, 0.25) is 17.8 Å². The summed E-state index contributed by atoms with van der Waals surface area (Å²) < 4.78 is 7.58. The zero-order valence-electron chi connectivity index (χ0n) is 18.8. The Bertz CT molecular complexity index is 972. The van der Waals surface area contributed by atoms with Crippen LogP contribution in [0.1, 0.15) is 27.2 Å². The summed E-state index contributed by atoms with van der Waals surface area (Å²) in [7, 11) is 0. The van der Waals surface area contributed by atoms with Gasteiger partial charge in [0.25, 0.3) is 0 Å². The van der Waals surface area contributed by atoms with E-state index in [0.717, 1.165) is 36.4 Å². The van der Waals surface area contributed by atoms with Crippen LogP contribution in [0.3, 0.4) is 0 Å². The summed E-state index contributed by atoms with van der Waals surface area (Å²) in [6, 6.07) is 7.20. The van der Waals surface area contributed by atoms with Gasteiger partial charge in [-0.3, -0.25) is 14.2 Å². The first-order valence-corrected chi connectivity index (χ1v) is 12.0. The fraction of sp³-hybridized carbons (Fsp3) is 0.545. The molecule has 0 unspecified atom stereocenters. The summed E-state index contributed by atoms with van der Waals surface area (Å²) in [5.74, 6) is 1.32. The number of thioether (sulfide) groups is 1. The second-order valence-electron chi connectivity index (χ2n) is 8.56. The highest BCUT2D eigenvalue weighted by Gasteiger charge is 2.30. The number of rotatable bonds is 6. The molecule has 0 spiro atoms. The normalized spacial score (nSPS) is 19.0. The number of nitrogens with one attached hydrogen (secondary N) is 1. The lowest BCUT2D eigenvalue weighted by Crippen LogP contribution is -2.40. The summed E-state index contributed by atoms with van der Waals surface area (Å²) in [6.45, 7) is 9.90. The van der Waals surface area contributed by atoms with Crippen LogP contribution in [-0.4, -0.2) is 64.7 Å². The number of fused-ring (bicyclic) bond motifs is 1. The predicted molar refractivity (Wildman–Crippen MR) is 125 cm³/mol. The summed E-state index contributed by atoms with van der Waals surface area (Å²) in [6.07, 6.45) is 0.260. The molecule has 10 heteroatoms. The lowest BCUT2D eigenvalue weighted by molar-refractivity contribution is -0.117. The van der Waals surface area contributed by atoms with E-state index in [2.05, 4.69) is 38.8 Å². The van der Waals surface area contributed by atoms with Crippen LogP contribution in [0.5, 0.6) is 0 Å². The number of nitrogens with zero attached hydrogens (tertiary/aromatic N) is 5. The Balaban J connectivity index is 1.53. The number of anilines is 3. The average molecular weight is 459 g/mol. The first kappa shape index (κ1) is 22.6. The third-order valence-corrected chi connectivity index (χ3v) is 6.44. The van der Waals surface area contributed by atoms with E-state index < -0.39 is 0 Å². The minimum Gasteiger partial charge on any atom is -0.378 e. The van der Waals surface area contributed by atoms with Gasteiger partial charge in [0.1, 0.15) is 0 Å². The van der Waals surface area contributed by atoms with E-state index in [1.165, 1.54) is 11.8 Å². The standard InChI is InChI=1S/C22H30N6O3S/c1-15(2)13-27-21(26-8-10-31-11-9-26)24-25-22(27)32-14-20(30)28-16(3)12-19(29)23-17-6-4-5-7-18(17)28/h4-7,15-16H,8-14H2,1-3H3,(H,23,29)/t16-/m0/s1. The average Bonchev–Trinajstić information content (AvgIpc) is 3.09. The molecule has 1 fully saturated rings. The van der Waals surface area contributed by atoms with E-state index in [1.807, 2.05) is 31.2 Å². The molecule has 3 heterocycles. The molecule has 2 aliphatic rings. The Hall–Kier alpha value is -2.59. The fourth-order valence-corrected chi connectivity index (χ4v) is 4.88. The number of carbonyl (C=O) groups excluding carboxylic acids is 2. The monoisotopic (exact) mass is 458 g/mol. The number of hydrogen-bond donors (Lipinski definition) is 1. The van der Waals surface area contributed by atoms with Crippen LogP contribution in [0.4, 0.5) is 17.3 Å². The van der Waals surface area contributed by atoms with Crippen LogP contribution in [0.15, 0.2) is 29.4 Å². The molecule has 0 radical (unpaired) electrons. The largest absolute Gasteiger partial charge is 0.378 e. The number of para-hydroxylation sites is 2. The second kappa shape index (κ2) is 9.91. The van der Waals surface area contributed by atoms with Gasteiger partial charge >= 0.3 is 0 Å². The summed E-state index contributed by atoms with van der Waals surface area (Å²) in [5.41, 5.74) is 1.40. The highest BCUT2D eigenvalue weighted by molar-refractivity contribution is 7.99. The van der Waals surface area contributed by atoms with E-state index >= 15 is 0 Å². The molecule has 32 heavy (non-hydrogen) atoms. The third kappa shape index (κ3) is 4.91. The zero-order chi connectivity index (χ0) is 22.7. The quantitative estimate of drug-likeness (QED) is 0.665. The Kier molecular flexibility index (Phi) is 7.00. The topological polar surface area (TPSA) is 92.6 Å². The van der Waals surface area contributed by atoms with Crippen molar-refractivity contribution in [2.75, 3.05) is 47.2 Å². The molecule has 9 nitrogen and oxygen atoms in total. The SMILES string of the molecule is CC(C)Cn1c(SCC(=O)N2c3ccccc3NC(=O)C[C@@H]2C)nnc1N1CCOCC1. The Morgan fingerprint density at radius 2 is 2.00 bits per heavy atom. The molecule has 172 valence electrons. The first-order chi connectivity index (χ1) is 15.4. The summed E-state index contributed by atoms with van der Waals surface area (Å²) in [5, 5.41) is 12.5. The Morgan fingerprint density at radius 1 is 1.25 bits per heavy atom. The van der Waals surface area contributed by atoms with Crippen molar-refractivity contribution in [1.29, 1.82) is 0 Å². The summed E-state index contributed by atoms with van der Waals surface area (Å²) >= 11 is 1.39. The van der Waals surface area contributed by atoms with Crippen molar-refractivity contribution in [2.24, 2.45) is 5.92 Å². The smallest absolute Gasteiger partial charge is 0.237 e. The molecule has 1 saturated heterocycles. The van der Waals surface area contributed by atoms with Crippen molar-refractivity contribution in [3.05, 3.63) is 24.3 Å². The fourth-order valence-electron chi connectivity index (χ4n) is 4.07. The Labute approximate surface area is 192 Å². The number of carbonyl (C=O) groups is 2. The minimum atomic E-state index is -0.232. The van der Waals surface area contributed by atoms with Crippen LogP contribution in [-0.2, 0) is 20.9 Å². The van der Waals surface area contributed by atoms with Crippen molar-refractivity contribution >= 4 is 40.9 Å². The van der Waals surface area contributed by atoms with Crippen LogP contribution in [0.2, 0.25) is 0 Å². The van der Waals surface area contributed by atoms with Gasteiger partial charge in [-0.15, -0.1) is 10.2 Å². The van der Waals surface area contributed by atoms with Gasteiger partial charge < -0.3 is 19.9 Å². The van der Waals surface area contributed by atoms with Gasteiger partial charge in [0.05, 0.1) is 30.3 Å². The van der Waals surface area contributed by atoms with Gasteiger partial charge in [-0.05, 0) is 25.0 Å². The molecule has 1 aromatic heterocycles. The maximum absolute atomic E-state index is 13.3. The van der Waals surface area contributed by atoms with Crippen molar-refractivity contribution in [1.82, 2.24) is 14.8 Å². The van der Waals surface area contributed by atoms with E-state index in [-0.39, 0.29) is 30.0 Å². The highest BCUT2D eigenvalue weighted by atomic mass is 32.2. The molecule has 0 bridgehead atoms. The van der Waals surface area contributed by atoms with Gasteiger partial charge in [-0.1, -0.05) is 37.7 Å². The molecule has 4 rings (SSSR count). The molecule has 2 aromatic rings. The van der Waals surface area contributed by atoms with Gasteiger partial charge in [-0.2, -0.15) is 0 Å². The Morgan fingerprint density at radius 3 is 2.75 bits per heavy atom. The van der Waals surface area contributed by atoms with Crippen LogP contribution < -0.4 is 15.1 Å². The van der Waals surface area contributed by atoms with Crippen LogP contribution in [0, 0.1) is 5.92 Å². The molecule has 1 atom stereocenters. The van der Waals surface area contributed by atoms with Gasteiger partial charge in [0, 0.05) is 32.1 Å². The lowest BCUT2D eigenvalue weighted by atomic mass is 10.2. The lowest BCUT2D eigenvalue weighted by Gasteiger charge is -2.28. The van der Waals surface area contributed by atoms with E-state index in [9.17, 15) is 9.59 Å². The zero-order valence-corrected chi connectivity index (χ0v) is 19.6. The van der Waals surface area contributed by atoms with E-state index in [0.29, 0.717) is 24.8 Å². The van der Waals surface area contributed by atoms with Gasteiger partial charge in [-0.25, -0.2) is 0 Å². The number of amides is 2. The van der Waals surface area contributed by atoms with Gasteiger partial charge in [0.15, 0.2) is 5.16 Å². The minimum absolute atomic E-state index is 0.0570. The number of benzene rings is 1. The maximum atomic E-state index is 13.3. The molecule has 2 amide bonds. The van der Waals surface area contributed by atoms with Crippen LogP contribution >= 0.6 is 11.8 Å².